The molecule has 0 spiro atoms. The van der Waals surface area contributed by atoms with Crippen molar-refractivity contribution in [2.24, 2.45) is 0 Å². The van der Waals surface area contributed by atoms with Crippen LogP contribution in [-0.4, -0.2) is 19.9 Å². The summed E-state index contributed by atoms with van der Waals surface area (Å²) in [5, 5.41) is 9.47. The molecular weight excluding hydrogens is 148 g/mol. The number of aromatic nitrogens is 2. The number of hydrogen-bond donors (Lipinski definition) is 2. The van der Waals surface area contributed by atoms with Crippen LogP contribution < -0.4 is 0 Å². The van der Waals surface area contributed by atoms with E-state index in [1.165, 1.54) is 0 Å². The minimum atomic E-state index is 0.163. The summed E-state index contributed by atoms with van der Waals surface area (Å²) in [6, 6.07) is 0. The SMILES string of the molecule is Oc1ncn2c1CC(S)C2. The van der Waals surface area contributed by atoms with Gasteiger partial charge in [0.25, 0.3) is 0 Å². The van der Waals surface area contributed by atoms with Gasteiger partial charge in [0.15, 0.2) is 0 Å². The van der Waals surface area contributed by atoms with Gasteiger partial charge >= 0.3 is 0 Å². The Morgan fingerprint density at radius 1 is 1.80 bits per heavy atom. The average Bonchev–Trinajstić information content (AvgIpc) is 2.35. The van der Waals surface area contributed by atoms with Gasteiger partial charge in [-0.3, -0.25) is 0 Å². The Bertz CT molecular complexity index is 258. The molecule has 1 atom stereocenters. The highest BCUT2D eigenvalue weighted by Crippen LogP contribution is 2.25. The van der Waals surface area contributed by atoms with Gasteiger partial charge in [0.1, 0.15) is 0 Å². The van der Waals surface area contributed by atoms with E-state index >= 15 is 0 Å². The predicted octanol–water partition coefficient (Wildman–Crippen LogP) is 0.443. The molecule has 0 saturated heterocycles. The third-order valence-corrected chi connectivity index (χ3v) is 2.11. The van der Waals surface area contributed by atoms with Crippen molar-refractivity contribution in [3.05, 3.63) is 12.0 Å². The van der Waals surface area contributed by atoms with E-state index in [4.69, 9.17) is 5.11 Å². The van der Waals surface area contributed by atoms with Crippen LogP contribution in [0.4, 0.5) is 0 Å². The first kappa shape index (κ1) is 6.09. The van der Waals surface area contributed by atoms with Crippen molar-refractivity contribution in [3.8, 4) is 5.88 Å². The van der Waals surface area contributed by atoms with E-state index in [9.17, 15) is 0 Å². The molecule has 0 bridgehead atoms. The molecule has 0 fully saturated rings. The van der Waals surface area contributed by atoms with Gasteiger partial charge in [0.05, 0.1) is 12.0 Å². The van der Waals surface area contributed by atoms with E-state index in [1.807, 2.05) is 4.57 Å². The minimum absolute atomic E-state index is 0.163. The maximum atomic E-state index is 9.12. The van der Waals surface area contributed by atoms with E-state index in [0.717, 1.165) is 18.7 Å². The molecule has 1 N–H and O–H groups in total. The van der Waals surface area contributed by atoms with E-state index in [2.05, 4.69) is 17.6 Å². The van der Waals surface area contributed by atoms with Crippen LogP contribution in [0.2, 0.25) is 0 Å². The van der Waals surface area contributed by atoms with Crippen LogP contribution in [0.1, 0.15) is 5.69 Å². The highest BCUT2D eigenvalue weighted by Gasteiger charge is 2.21. The van der Waals surface area contributed by atoms with Crippen LogP contribution >= 0.6 is 12.6 Å². The van der Waals surface area contributed by atoms with Crippen molar-refractivity contribution < 1.29 is 5.11 Å². The van der Waals surface area contributed by atoms with Crippen molar-refractivity contribution in [1.82, 2.24) is 9.55 Å². The third-order valence-electron chi connectivity index (χ3n) is 1.76. The number of rotatable bonds is 0. The van der Waals surface area contributed by atoms with Crippen molar-refractivity contribution in [2.45, 2.75) is 18.2 Å². The number of aromatic hydroxyl groups is 1. The Balaban J connectivity index is 2.44. The second kappa shape index (κ2) is 1.92. The summed E-state index contributed by atoms with van der Waals surface area (Å²) in [4.78, 5) is 3.76. The highest BCUT2D eigenvalue weighted by molar-refractivity contribution is 7.80. The molecule has 2 rings (SSSR count). The molecule has 0 radical (unpaired) electrons. The quantitative estimate of drug-likeness (QED) is 0.535. The zero-order valence-electron chi connectivity index (χ0n) is 5.36. The second-order valence-corrected chi connectivity index (χ2v) is 3.26. The van der Waals surface area contributed by atoms with Gasteiger partial charge in [0.2, 0.25) is 5.88 Å². The van der Waals surface area contributed by atoms with Crippen LogP contribution in [0, 0.1) is 0 Å². The molecule has 0 amide bonds. The van der Waals surface area contributed by atoms with E-state index < -0.39 is 0 Å². The second-order valence-electron chi connectivity index (χ2n) is 2.53. The normalized spacial score (nSPS) is 23.1. The summed E-state index contributed by atoms with van der Waals surface area (Å²) in [6.07, 6.45) is 2.48. The van der Waals surface area contributed by atoms with E-state index in [1.54, 1.807) is 6.33 Å². The maximum absolute atomic E-state index is 9.12. The first-order chi connectivity index (χ1) is 4.77. The van der Waals surface area contributed by atoms with Crippen molar-refractivity contribution >= 4 is 12.6 Å². The van der Waals surface area contributed by atoms with Crippen molar-refractivity contribution in [2.75, 3.05) is 0 Å². The van der Waals surface area contributed by atoms with Gasteiger partial charge in [-0.1, -0.05) is 0 Å². The molecule has 0 aliphatic carbocycles. The summed E-state index contributed by atoms with van der Waals surface area (Å²) in [5.74, 6) is 0.163. The Labute approximate surface area is 64.1 Å². The lowest BCUT2D eigenvalue weighted by atomic mass is 10.3. The van der Waals surface area contributed by atoms with E-state index in [-0.39, 0.29) is 5.88 Å². The summed E-state index contributed by atoms with van der Waals surface area (Å²) in [6.45, 7) is 0.867. The van der Waals surface area contributed by atoms with Gasteiger partial charge in [-0.15, -0.1) is 0 Å². The van der Waals surface area contributed by atoms with Gasteiger partial charge in [-0.2, -0.15) is 12.6 Å². The number of imidazole rings is 1. The summed E-state index contributed by atoms with van der Waals surface area (Å²) >= 11 is 4.29. The molecule has 1 aromatic rings. The molecule has 2 heterocycles. The lowest BCUT2D eigenvalue weighted by Gasteiger charge is -1.94. The molecule has 1 aliphatic heterocycles. The zero-order valence-corrected chi connectivity index (χ0v) is 6.25. The fourth-order valence-corrected chi connectivity index (χ4v) is 1.63. The van der Waals surface area contributed by atoms with Crippen molar-refractivity contribution in [3.63, 3.8) is 0 Å². The van der Waals surface area contributed by atoms with Crippen molar-refractivity contribution in [1.29, 1.82) is 0 Å². The number of hydrogen-bond acceptors (Lipinski definition) is 3. The first-order valence-corrected chi connectivity index (χ1v) is 3.70. The minimum Gasteiger partial charge on any atom is -0.492 e. The van der Waals surface area contributed by atoms with Gasteiger partial charge in [-0.25, -0.2) is 4.98 Å². The Morgan fingerprint density at radius 2 is 2.60 bits per heavy atom. The van der Waals surface area contributed by atoms with Gasteiger partial charge < -0.3 is 9.67 Å². The Kier molecular flexibility index (Phi) is 1.17. The molecule has 1 aromatic heterocycles. The van der Waals surface area contributed by atoms with Crippen LogP contribution in [0.15, 0.2) is 6.33 Å². The molecule has 4 heteroatoms. The molecule has 54 valence electrons. The maximum Gasteiger partial charge on any atom is 0.232 e. The summed E-state index contributed by atoms with van der Waals surface area (Å²) < 4.78 is 1.94. The van der Waals surface area contributed by atoms with Gasteiger partial charge in [-0.05, 0) is 0 Å². The average molecular weight is 156 g/mol. The molecule has 3 nitrogen and oxygen atoms in total. The van der Waals surface area contributed by atoms with Gasteiger partial charge in [0, 0.05) is 18.2 Å². The smallest absolute Gasteiger partial charge is 0.232 e. The molecule has 0 aromatic carbocycles. The lowest BCUT2D eigenvalue weighted by molar-refractivity contribution is 0.450. The topological polar surface area (TPSA) is 38.1 Å². The predicted molar refractivity (Wildman–Crippen MR) is 40.4 cm³/mol. The van der Waals surface area contributed by atoms with E-state index in [0.29, 0.717) is 5.25 Å². The highest BCUT2D eigenvalue weighted by atomic mass is 32.1. The third kappa shape index (κ3) is 0.718. The fraction of sp³-hybridized carbons (Fsp3) is 0.500. The lowest BCUT2D eigenvalue weighted by Crippen LogP contribution is -1.98. The standard InChI is InChI=1S/C6H8N2OS/c9-6-5-1-4(10)2-8(5)3-7-6/h3-4,9-10H,1-2H2. The first-order valence-electron chi connectivity index (χ1n) is 3.18. The zero-order chi connectivity index (χ0) is 7.14. The summed E-state index contributed by atoms with van der Waals surface area (Å²) in [7, 11) is 0. The van der Waals surface area contributed by atoms with Crippen LogP contribution in [0.25, 0.3) is 0 Å². The summed E-state index contributed by atoms with van der Waals surface area (Å²) in [5.41, 5.74) is 0.917. The van der Waals surface area contributed by atoms with Crippen LogP contribution in [0.3, 0.4) is 0 Å². The number of fused-ring (bicyclic) bond motifs is 1. The molecule has 10 heavy (non-hydrogen) atoms. The van der Waals surface area contributed by atoms with Crippen LogP contribution in [-0.2, 0) is 13.0 Å². The molecular formula is C6H8N2OS. The molecule has 1 unspecified atom stereocenters. The largest absolute Gasteiger partial charge is 0.492 e. The Hall–Kier alpha value is -0.640. The van der Waals surface area contributed by atoms with Crippen LogP contribution in [0.5, 0.6) is 5.88 Å². The Morgan fingerprint density at radius 3 is 3.30 bits per heavy atom. The molecule has 1 aliphatic rings. The monoisotopic (exact) mass is 156 g/mol. The molecule has 0 saturated carbocycles. The fourth-order valence-electron chi connectivity index (χ4n) is 1.28. The number of thiol groups is 1. The number of nitrogens with zero attached hydrogens (tertiary/aromatic N) is 2.